The molecule has 1 nitrogen and oxygen atoms in total. The first kappa shape index (κ1) is 12.1. The number of nitrogens with one attached hydrogen (secondary N) is 1. The minimum Gasteiger partial charge on any atom is -0.677 e. The predicted molar refractivity (Wildman–Crippen MR) is 51.3 cm³/mol. The summed E-state index contributed by atoms with van der Waals surface area (Å²) in [6, 6.07) is 8.64. The molecule has 0 heterocycles. The molecule has 0 amide bonds. The van der Waals surface area contributed by atoms with Gasteiger partial charge in [0.1, 0.15) is 0 Å². The van der Waals surface area contributed by atoms with Crippen LogP contribution in [0.1, 0.15) is 24.0 Å². The van der Waals surface area contributed by atoms with E-state index >= 15 is 0 Å². The Morgan fingerprint density at radius 2 is 1.77 bits per heavy atom. The van der Waals surface area contributed by atoms with Gasteiger partial charge in [0.25, 0.3) is 0 Å². The Balaban J connectivity index is 0.000000845. The van der Waals surface area contributed by atoms with Crippen molar-refractivity contribution < 1.29 is 58.2 Å². The Labute approximate surface area is 129 Å². The SMILES string of the molecule is Cc1ccc(C2(C[NH-])CC2)cc1.[Rb+]. The number of hydrogen-bond acceptors (Lipinski definition) is 0. The van der Waals surface area contributed by atoms with Crippen LogP contribution in [0.2, 0.25) is 0 Å². The van der Waals surface area contributed by atoms with Crippen molar-refractivity contribution in [2.24, 2.45) is 0 Å². The smallest absolute Gasteiger partial charge is 0.677 e. The standard InChI is InChI=1S/C11H14N.Rb/c1-9-2-4-10(5-3-9)11(8-12)6-7-11;/h2-5,12H,6-8H2,1H3;/q-1;+1. The van der Waals surface area contributed by atoms with Crippen LogP contribution in [0.3, 0.4) is 0 Å². The summed E-state index contributed by atoms with van der Waals surface area (Å²) in [6.45, 7) is 2.65. The van der Waals surface area contributed by atoms with Gasteiger partial charge in [-0.15, -0.1) is 6.54 Å². The number of benzene rings is 1. The van der Waals surface area contributed by atoms with Crippen LogP contribution in [0.15, 0.2) is 24.3 Å². The van der Waals surface area contributed by atoms with Gasteiger partial charge < -0.3 is 5.73 Å². The molecule has 0 aromatic heterocycles. The van der Waals surface area contributed by atoms with Crippen LogP contribution in [0.5, 0.6) is 0 Å². The first-order chi connectivity index (χ1) is 5.77. The van der Waals surface area contributed by atoms with Crippen molar-refractivity contribution in [3.05, 3.63) is 41.1 Å². The Hall–Kier alpha value is 0.985. The Morgan fingerprint density at radius 3 is 2.15 bits per heavy atom. The second kappa shape index (κ2) is 4.67. The summed E-state index contributed by atoms with van der Waals surface area (Å²) >= 11 is 0. The van der Waals surface area contributed by atoms with Crippen molar-refractivity contribution >= 4 is 0 Å². The number of aryl methyl sites for hydroxylation is 1. The minimum atomic E-state index is 0. The molecule has 0 aliphatic heterocycles. The summed E-state index contributed by atoms with van der Waals surface area (Å²) in [5, 5.41) is 0. The molecule has 1 aromatic rings. The fourth-order valence-electron chi connectivity index (χ4n) is 1.63. The van der Waals surface area contributed by atoms with E-state index in [2.05, 4.69) is 31.2 Å². The molecule has 0 radical (unpaired) electrons. The molecule has 1 aromatic carbocycles. The molecule has 1 N–H and O–H groups in total. The molecule has 1 fully saturated rings. The van der Waals surface area contributed by atoms with Crippen LogP contribution >= 0.6 is 0 Å². The second-order valence-electron chi connectivity index (χ2n) is 3.82. The van der Waals surface area contributed by atoms with Crippen molar-refractivity contribution in [2.75, 3.05) is 6.54 Å². The quantitative estimate of drug-likeness (QED) is 0.705. The molecule has 0 saturated heterocycles. The van der Waals surface area contributed by atoms with E-state index in [0.717, 1.165) is 0 Å². The molecule has 0 unspecified atom stereocenters. The van der Waals surface area contributed by atoms with Gasteiger partial charge in [0, 0.05) is 0 Å². The molecule has 0 atom stereocenters. The summed E-state index contributed by atoms with van der Waals surface area (Å²) in [7, 11) is 0. The van der Waals surface area contributed by atoms with Crippen molar-refractivity contribution in [2.45, 2.75) is 25.2 Å². The molecule has 1 saturated carbocycles. The van der Waals surface area contributed by atoms with E-state index in [1.807, 2.05) is 0 Å². The normalized spacial score (nSPS) is 17.7. The van der Waals surface area contributed by atoms with Gasteiger partial charge in [0.15, 0.2) is 0 Å². The molecule has 2 rings (SSSR count). The largest absolute Gasteiger partial charge is 1.00 e. The molecule has 2 heteroatoms. The van der Waals surface area contributed by atoms with E-state index in [1.54, 1.807) is 0 Å². The maximum absolute atomic E-state index is 7.46. The van der Waals surface area contributed by atoms with Crippen LogP contribution < -0.4 is 58.2 Å². The maximum Gasteiger partial charge on any atom is 1.00 e. The summed E-state index contributed by atoms with van der Waals surface area (Å²) in [6.07, 6.45) is 2.42. The zero-order valence-electron chi connectivity index (χ0n) is 8.43. The van der Waals surface area contributed by atoms with Crippen molar-refractivity contribution in [3.63, 3.8) is 0 Å². The Kier molecular flexibility index (Phi) is 4.33. The van der Waals surface area contributed by atoms with Crippen molar-refractivity contribution in [1.82, 2.24) is 0 Å². The fraction of sp³-hybridized carbons (Fsp3) is 0.455. The van der Waals surface area contributed by atoms with Crippen LogP contribution in [0, 0.1) is 6.92 Å². The average Bonchev–Trinajstić information content (AvgIpc) is 2.86. The molecule has 1 aliphatic carbocycles. The monoisotopic (exact) mass is 245 g/mol. The molecule has 1 aliphatic rings. The molecular formula is C11H14NRb. The van der Waals surface area contributed by atoms with Gasteiger partial charge in [0.05, 0.1) is 0 Å². The van der Waals surface area contributed by atoms with Gasteiger partial charge in [0.2, 0.25) is 0 Å². The molecular weight excluding hydrogens is 232 g/mol. The predicted octanol–water partition coefficient (Wildman–Crippen LogP) is 0.0828. The molecule has 64 valence electrons. The van der Waals surface area contributed by atoms with Gasteiger partial charge in [-0.1, -0.05) is 29.8 Å². The third kappa shape index (κ3) is 2.51. The summed E-state index contributed by atoms with van der Waals surface area (Å²) < 4.78 is 0. The molecule has 0 spiro atoms. The van der Waals surface area contributed by atoms with Crippen LogP contribution in [-0.4, -0.2) is 6.54 Å². The van der Waals surface area contributed by atoms with Gasteiger partial charge in [-0.05, 0) is 30.7 Å². The minimum absolute atomic E-state index is 0. The second-order valence-corrected chi connectivity index (χ2v) is 3.82. The van der Waals surface area contributed by atoms with Crippen LogP contribution in [0.4, 0.5) is 0 Å². The van der Waals surface area contributed by atoms with E-state index in [-0.39, 0.29) is 63.6 Å². The summed E-state index contributed by atoms with van der Waals surface area (Å²) in [5.41, 5.74) is 10.4. The zero-order valence-corrected chi connectivity index (χ0v) is 13.3. The third-order valence-electron chi connectivity index (χ3n) is 2.86. The summed E-state index contributed by atoms with van der Waals surface area (Å²) in [5.74, 6) is 0. The van der Waals surface area contributed by atoms with Crippen molar-refractivity contribution in [3.8, 4) is 0 Å². The van der Waals surface area contributed by atoms with E-state index in [4.69, 9.17) is 5.73 Å². The Morgan fingerprint density at radius 1 is 1.23 bits per heavy atom. The number of hydrogen-bond donors (Lipinski definition) is 0. The van der Waals surface area contributed by atoms with Gasteiger partial charge in [-0.3, -0.25) is 0 Å². The fourth-order valence-corrected chi connectivity index (χ4v) is 1.63. The van der Waals surface area contributed by atoms with Gasteiger partial charge in [-0.2, -0.15) is 0 Å². The first-order valence-electron chi connectivity index (χ1n) is 4.49. The average molecular weight is 246 g/mol. The first-order valence-corrected chi connectivity index (χ1v) is 4.49. The van der Waals surface area contributed by atoms with Crippen LogP contribution in [0.25, 0.3) is 5.73 Å². The topological polar surface area (TPSA) is 23.8 Å². The Bertz CT molecular complexity index is 275. The van der Waals surface area contributed by atoms with E-state index in [0.29, 0.717) is 6.54 Å². The summed E-state index contributed by atoms with van der Waals surface area (Å²) in [4.78, 5) is 0. The van der Waals surface area contributed by atoms with Gasteiger partial charge in [-0.25, -0.2) is 0 Å². The van der Waals surface area contributed by atoms with Gasteiger partial charge >= 0.3 is 58.2 Å². The van der Waals surface area contributed by atoms with E-state index < -0.39 is 0 Å². The van der Waals surface area contributed by atoms with Crippen LogP contribution in [-0.2, 0) is 5.41 Å². The maximum atomic E-state index is 7.46. The number of rotatable bonds is 2. The zero-order chi connectivity index (χ0) is 8.60. The van der Waals surface area contributed by atoms with E-state index in [1.165, 1.54) is 24.0 Å². The van der Waals surface area contributed by atoms with Crippen molar-refractivity contribution in [1.29, 1.82) is 0 Å². The molecule has 13 heavy (non-hydrogen) atoms. The molecule has 0 bridgehead atoms. The third-order valence-corrected chi connectivity index (χ3v) is 2.86. The van der Waals surface area contributed by atoms with E-state index in [9.17, 15) is 0 Å².